The van der Waals surface area contributed by atoms with E-state index in [2.05, 4.69) is 25.7 Å². The molecule has 0 aromatic heterocycles. The second-order valence-corrected chi connectivity index (χ2v) is 12.6. The van der Waals surface area contributed by atoms with Gasteiger partial charge in [0.1, 0.15) is 0 Å². The Balaban J connectivity index is 1.18. The van der Waals surface area contributed by atoms with Gasteiger partial charge in [-0.15, -0.1) is 6.58 Å². The number of hydrogen-bond acceptors (Lipinski definition) is 1. The van der Waals surface area contributed by atoms with E-state index in [1.165, 1.54) is 64.2 Å². The highest BCUT2D eigenvalue weighted by molar-refractivity contribution is 5.33. The molecular formula is C35H52F2O. The molecule has 3 saturated carbocycles. The van der Waals surface area contributed by atoms with E-state index >= 15 is 0 Å². The van der Waals surface area contributed by atoms with Gasteiger partial charge in [-0.05, 0) is 143 Å². The molecule has 1 nitrogen and oxygen atoms in total. The molecule has 4 rings (SSSR count). The first-order valence-corrected chi connectivity index (χ1v) is 16.0. The fourth-order valence-corrected chi connectivity index (χ4v) is 7.81. The van der Waals surface area contributed by atoms with Crippen molar-refractivity contribution < 1.29 is 13.5 Å². The lowest BCUT2D eigenvalue weighted by molar-refractivity contribution is 0.114. The van der Waals surface area contributed by atoms with Crippen LogP contribution in [-0.2, 0) is 0 Å². The summed E-state index contributed by atoms with van der Waals surface area (Å²) in [6.07, 6.45) is 27.6. The molecule has 1 aromatic rings. The first kappa shape index (κ1) is 29.3. The Morgan fingerprint density at radius 2 is 1.34 bits per heavy atom. The quantitative estimate of drug-likeness (QED) is 0.194. The summed E-state index contributed by atoms with van der Waals surface area (Å²) in [5, 5.41) is 0. The Bertz CT molecular complexity index is 868. The molecule has 0 radical (unpaired) electrons. The Hall–Kier alpha value is -1.64. The van der Waals surface area contributed by atoms with Crippen molar-refractivity contribution in [1.82, 2.24) is 0 Å². The zero-order valence-electron chi connectivity index (χ0n) is 24.0. The number of rotatable bonds is 12. The van der Waals surface area contributed by atoms with Gasteiger partial charge in [0.05, 0.1) is 6.61 Å². The van der Waals surface area contributed by atoms with Gasteiger partial charge in [0.15, 0.2) is 11.6 Å². The predicted molar refractivity (Wildman–Crippen MR) is 156 cm³/mol. The average molecular weight is 527 g/mol. The van der Waals surface area contributed by atoms with Gasteiger partial charge in [-0.3, -0.25) is 0 Å². The third-order valence-corrected chi connectivity index (χ3v) is 10.2. The number of benzene rings is 1. The van der Waals surface area contributed by atoms with Crippen molar-refractivity contribution >= 4 is 0 Å². The van der Waals surface area contributed by atoms with E-state index in [1.54, 1.807) is 12.1 Å². The maximum absolute atomic E-state index is 14.9. The van der Waals surface area contributed by atoms with E-state index in [-0.39, 0.29) is 11.7 Å². The monoisotopic (exact) mass is 526 g/mol. The second kappa shape index (κ2) is 15.2. The van der Waals surface area contributed by atoms with Crippen LogP contribution in [0.1, 0.15) is 128 Å². The molecule has 212 valence electrons. The van der Waals surface area contributed by atoms with Crippen LogP contribution in [0.5, 0.6) is 5.75 Å². The summed E-state index contributed by atoms with van der Waals surface area (Å²) in [6.45, 7) is 6.38. The lowest BCUT2D eigenvalue weighted by atomic mass is 9.64. The summed E-state index contributed by atoms with van der Waals surface area (Å²) in [7, 11) is 0. The van der Waals surface area contributed by atoms with Crippen molar-refractivity contribution in [2.45, 2.75) is 122 Å². The van der Waals surface area contributed by atoms with Gasteiger partial charge in [0, 0.05) is 0 Å². The van der Waals surface area contributed by atoms with Crippen LogP contribution < -0.4 is 4.74 Å². The minimum Gasteiger partial charge on any atom is -0.490 e. The smallest absolute Gasteiger partial charge is 0.200 e. The Morgan fingerprint density at radius 3 is 1.92 bits per heavy atom. The van der Waals surface area contributed by atoms with Crippen LogP contribution >= 0.6 is 0 Å². The largest absolute Gasteiger partial charge is 0.490 e. The first-order chi connectivity index (χ1) is 18.6. The molecule has 3 heteroatoms. The molecule has 0 atom stereocenters. The highest BCUT2D eigenvalue weighted by atomic mass is 19.2. The van der Waals surface area contributed by atoms with Gasteiger partial charge < -0.3 is 4.74 Å². The van der Waals surface area contributed by atoms with Crippen LogP contribution in [-0.4, -0.2) is 6.61 Å². The van der Waals surface area contributed by atoms with Gasteiger partial charge in [-0.2, -0.15) is 4.39 Å². The fraction of sp³-hybridized carbons (Fsp3) is 0.714. The van der Waals surface area contributed by atoms with E-state index in [1.807, 2.05) is 6.08 Å². The predicted octanol–water partition coefficient (Wildman–Crippen LogP) is 10.9. The molecule has 0 N–H and O–H groups in total. The van der Waals surface area contributed by atoms with Crippen LogP contribution in [0.4, 0.5) is 8.78 Å². The normalized spacial score (nSPS) is 30.4. The molecule has 0 bridgehead atoms. The minimum atomic E-state index is -0.794. The van der Waals surface area contributed by atoms with Crippen LogP contribution in [0.15, 0.2) is 36.9 Å². The molecule has 0 spiro atoms. The molecule has 0 saturated heterocycles. The zero-order valence-corrected chi connectivity index (χ0v) is 24.0. The topological polar surface area (TPSA) is 9.23 Å². The summed E-state index contributed by atoms with van der Waals surface area (Å²) in [4.78, 5) is 0. The number of allylic oxidation sites excluding steroid dienone is 3. The maximum Gasteiger partial charge on any atom is 0.200 e. The average Bonchev–Trinajstić information content (AvgIpc) is 2.96. The van der Waals surface area contributed by atoms with E-state index in [0.29, 0.717) is 12.2 Å². The lowest BCUT2D eigenvalue weighted by Crippen LogP contribution is -2.29. The highest BCUT2D eigenvalue weighted by Gasteiger charge is 2.35. The lowest BCUT2D eigenvalue weighted by Gasteiger charge is -2.41. The van der Waals surface area contributed by atoms with E-state index in [4.69, 9.17) is 4.74 Å². The number of unbranched alkanes of at least 4 members (excludes halogenated alkanes) is 3. The molecule has 3 aliphatic carbocycles. The van der Waals surface area contributed by atoms with Gasteiger partial charge in [0.25, 0.3) is 0 Å². The van der Waals surface area contributed by atoms with Crippen LogP contribution in [0.2, 0.25) is 0 Å². The van der Waals surface area contributed by atoms with Gasteiger partial charge in [0.2, 0.25) is 5.82 Å². The maximum atomic E-state index is 14.9. The molecule has 3 aliphatic rings. The van der Waals surface area contributed by atoms with E-state index in [9.17, 15) is 8.78 Å². The molecule has 0 unspecified atom stereocenters. The van der Waals surface area contributed by atoms with Crippen LogP contribution in [0.3, 0.4) is 0 Å². The number of halogens is 2. The standard InChI is InChI=1S/C35H52F2O/c1-3-5-7-8-10-26-11-13-27(14-12-26)28-15-17-29(18-16-28)30-19-21-31(22-20-30)32-23-24-33(35(37)34(32)36)38-25-9-6-4-2/h3,8,10,23-24,26-31H,1,4-7,9,11-22,25H2,2H3/b10-8+. The fourth-order valence-electron chi connectivity index (χ4n) is 7.81. The van der Waals surface area contributed by atoms with Gasteiger partial charge >= 0.3 is 0 Å². The van der Waals surface area contributed by atoms with Gasteiger partial charge in [-0.25, -0.2) is 4.39 Å². The highest BCUT2D eigenvalue weighted by Crippen LogP contribution is 2.47. The number of ether oxygens (including phenoxy) is 1. The number of hydrogen-bond donors (Lipinski definition) is 0. The molecule has 0 heterocycles. The molecule has 3 fully saturated rings. The SMILES string of the molecule is C=CCC/C=C/C1CCC(C2CCC(C3CCC(c4ccc(OCCCCC)c(F)c4F)CC3)CC2)CC1. The minimum absolute atomic E-state index is 0.0706. The molecule has 0 amide bonds. The zero-order chi connectivity index (χ0) is 26.7. The van der Waals surface area contributed by atoms with Crippen LogP contribution in [0, 0.1) is 41.2 Å². The Morgan fingerprint density at radius 1 is 0.763 bits per heavy atom. The molecule has 38 heavy (non-hydrogen) atoms. The van der Waals surface area contributed by atoms with Crippen LogP contribution in [0.25, 0.3) is 0 Å². The van der Waals surface area contributed by atoms with Crippen molar-refractivity contribution in [1.29, 1.82) is 0 Å². The summed E-state index contributed by atoms with van der Waals surface area (Å²) >= 11 is 0. The first-order valence-electron chi connectivity index (χ1n) is 16.0. The summed E-state index contributed by atoms with van der Waals surface area (Å²) in [5.41, 5.74) is 0.566. The third-order valence-electron chi connectivity index (χ3n) is 10.2. The Labute approximate surface area is 231 Å². The van der Waals surface area contributed by atoms with E-state index < -0.39 is 11.6 Å². The molecular weight excluding hydrogens is 474 g/mol. The summed E-state index contributed by atoms with van der Waals surface area (Å²) < 4.78 is 35.1. The van der Waals surface area contributed by atoms with E-state index in [0.717, 1.165) is 74.5 Å². The van der Waals surface area contributed by atoms with Crippen molar-refractivity contribution in [3.8, 4) is 5.75 Å². The molecule has 1 aromatic carbocycles. The van der Waals surface area contributed by atoms with Gasteiger partial charge in [-0.1, -0.05) is 44.1 Å². The molecule has 0 aliphatic heterocycles. The second-order valence-electron chi connectivity index (χ2n) is 12.6. The summed E-state index contributed by atoms with van der Waals surface area (Å²) in [5.74, 6) is 3.05. The van der Waals surface area contributed by atoms with Crippen molar-refractivity contribution in [2.75, 3.05) is 6.61 Å². The Kier molecular flexibility index (Phi) is 11.8. The summed E-state index contributed by atoms with van der Waals surface area (Å²) in [6, 6.07) is 3.44. The van der Waals surface area contributed by atoms with Crippen molar-refractivity contribution in [3.05, 3.63) is 54.1 Å². The van der Waals surface area contributed by atoms with Crippen molar-refractivity contribution in [2.24, 2.45) is 29.6 Å². The van der Waals surface area contributed by atoms with Crippen molar-refractivity contribution in [3.63, 3.8) is 0 Å². The third kappa shape index (κ3) is 7.95.